The SMILES string of the molecule is Cc1ccc(S(C)(=O)=O)cc1NCC(=O)N1CCc2sccc2C1. The zero-order chi connectivity index (χ0) is 17.3. The molecule has 1 aromatic heterocycles. The van der Waals surface area contributed by atoms with E-state index in [9.17, 15) is 13.2 Å². The minimum absolute atomic E-state index is 0.0241. The molecule has 0 radical (unpaired) electrons. The Morgan fingerprint density at radius 3 is 2.88 bits per heavy atom. The number of thiophene rings is 1. The average molecular weight is 364 g/mol. The maximum Gasteiger partial charge on any atom is 0.242 e. The van der Waals surface area contributed by atoms with Gasteiger partial charge >= 0.3 is 0 Å². The van der Waals surface area contributed by atoms with Crippen molar-refractivity contribution in [1.82, 2.24) is 4.90 Å². The zero-order valence-corrected chi connectivity index (χ0v) is 15.3. The van der Waals surface area contributed by atoms with Crippen molar-refractivity contribution in [1.29, 1.82) is 0 Å². The third-order valence-corrected chi connectivity index (χ3v) is 6.36. The molecule has 24 heavy (non-hydrogen) atoms. The first-order valence-corrected chi connectivity index (χ1v) is 10.5. The minimum Gasteiger partial charge on any atom is -0.376 e. The predicted octanol–water partition coefficient (Wildman–Crippen LogP) is 2.46. The largest absolute Gasteiger partial charge is 0.376 e. The second kappa shape index (κ2) is 6.57. The zero-order valence-electron chi connectivity index (χ0n) is 13.7. The number of nitrogens with one attached hydrogen (secondary N) is 1. The van der Waals surface area contributed by atoms with Gasteiger partial charge in [0.05, 0.1) is 11.4 Å². The Morgan fingerprint density at radius 1 is 1.33 bits per heavy atom. The molecule has 2 heterocycles. The van der Waals surface area contributed by atoms with Crippen LogP contribution in [-0.2, 0) is 27.6 Å². The van der Waals surface area contributed by atoms with Gasteiger partial charge in [-0.15, -0.1) is 11.3 Å². The highest BCUT2D eigenvalue weighted by Gasteiger charge is 2.21. The molecule has 5 nitrogen and oxygen atoms in total. The second-order valence-corrected chi connectivity index (χ2v) is 9.05. The normalized spacial score (nSPS) is 14.3. The molecule has 1 amide bonds. The predicted molar refractivity (Wildman–Crippen MR) is 96.2 cm³/mol. The van der Waals surface area contributed by atoms with Crippen molar-refractivity contribution in [2.24, 2.45) is 0 Å². The molecule has 3 rings (SSSR count). The fraction of sp³-hybridized carbons (Fsp3) is 0.353. The first-order valence-electron chi connectivity index (χ1n) is 7.72. The van der Waals surface area contributed by atoms with Gasteiger partial charge in [-0.25, -0.2) is 8.42 Å². The van der Waals surface area contributed by atoms with E-state index in [1.165, 1.54) is 16.7 Å². The maximum absolute atomic E-state index is 12.4. The molecule has 0 fully saturated rings. The van der Waals surface area contributed by atoms with Crippen LogP contribution in [0.15, 0.2) is 34.5 Å². The van der Waals surface area contributed by atoms with Crippen LogP contribution in [0.1, 0.15) is 16.0 Å². The van der Waals surface area contributed by atoms with Crippen molar-refractivity contribution < 1.29 is 13.2 Å². The molecule has 1 N–H and O–H groups in total. The van der Waals surface area contributed by atoms with Crippen LogP contribution in [0.3, 0.4) is 0 Å². The summed E-state index contributed by atoms with van der Waals surface area (Å²) in [5.74, 6) is 0.0241. The Balaban J connectivity index is 1.67. The lowest BCUT2D eigenvalue weighted by atomic mass is 10.1. The van der Waals surface area contributed by atoms with E-state index in [0.29, 0.717) is 12.2 Å². The van der Waals surface area contributed by atoms with Gasteiger partial charge in [-0.2, -0.15) is 0 Å². The smallest absolute Gasteiger partial charge is 0.242 e. The molecule has 0 unspecified atom stereocenters. The van der Waals surface area contributed by atoms with Gasteiger partial charge in [-0.1, -0.05) is 6.07 Å². The summed E-state index contributed by atoms with van der Waals surface area (Å²) < 4.78 is 23.3. The summed E-state index contributed by atoms with van der Waals surface area (Å²) in [6.07, 6.45) is 2.08. The lowest BCUT2D eigenvalue weighted by Crippen LogP contribution is -2.38. The van der Waals surface area contributed by atoms with Crippen molar-refractivity contribution in [3.05, 3.63) is 45.6 Å². The van der Waals surface area contributed by atoms with Gasteiger partial charge in [0.2, 0.25) is 5.91 Å². The number of anilines is 1. The van der Waals surface area contributed by atoms with Crippen LogP contribution < -0.4 is 5.32 Å². The Morgan fingerprint density at radius 2 is 2.12 bits per heavy atom. The lowest BCUT2D eigenvalue weighted by molar-refractivity contribution is -0.130. The van der Waals surface area contributed by atoms with Crippen LogP contribution in [0.5, 0.6) is 0 Å². The number of hydrogen-bond donors (Lipinski definition) is 1. The molecule has 2 aromatic rings. The summed E-state index contributed by atoms with van der Waals surface area (Å²) in [7, 11) is -3.26. The number of fused-ring (bicyclic) bond motifs is 1. The minimum atomic E-state index is -3.26. The van der Waals surface area contributed by atoms with Gasteiger partial charge in [0.1, 0.15) is 0 Å². The molecule has 1 aromatic carbocycles. The molecule has 7 heteroatoms. The van der Waals surface area contributed by atoms with Crippen LogP contribution >= 0.6 is 11.3 Å². The van der Waals surface area contributed by atoms with E-state index in [1.807, 2.05) is 11.8 Å². The number of carbonyl (C=O) groups excluding carboxylic acids is 1. The molecule has 0 spiro atoms. The van der Waals surface area contributed by atoms with Crippen molar-refractivity contribution in [3.63, 3.8) is 0 Å². The van der Waals surface area contributed by atoms with Gasteiger partial charge < -0.3 is 10.2 Å². The number of carbonyl (C=O) groups is 1. The molecule has 0 aliphatic carbocycles. The van der Waals surface area contributed by atoms with Gasteiger partial charge in [-0.3, -0.25) is 4.79 Å². The average Bonchev–Trinajstić information content (AvgIpc) is 3.00. The summed E-state index contributed by atoms with van der Waals surface area (Å²) in [5, 5.41) is 5.15. The topological polar surface area (TPSA) is 66.5 Å². The van der Waals surface area contributed by atoms with Crippen LogP contribution in [0.4, 0.5) is 5.69 Å². The first-order chi connectivity index (χ1) is 11.3. The van der Waals surface area contributed by atoms with Gasteiger partial charge in [0.25, 0.3) is 0 Å². The summed E-state index contributed by atoms with van der Waals surface area (Å²) >= 11 is 1.74. The van der Waals surface area contributed by atoms with Crippen molar-refractivity contribution in [3.8, 4) is 0 Å². The maximum atomic E-state index is 12.4. The number of nitrogens with zero attached hydrogens (tertiary/aromatic N) is 1. The monoisotopic (exact) mass is 364 g/mol. The van der Waals surface area contributed by atoms with E-state index < -0.39 is 9.84 Å². The number of hydrogen-bond acceptors (Lipinski definition) is 5. The highest BCUT2D eigenvalue weighted by molar-refractivity contribution is 7.90. The van der Waals surface area contributed by atoms with Gasteiger partial charge in [0.15, 0.2) is 9.84 Å². The Labute approximate surface area is 146 Å². The molecule has 0 saturated heterocycles. The van der Waals surface area contributed by atoms with Crippen molar-refractivity contribution in [2.45, 2.75) is 24.8 Å². The summed E-state index contributed by atoms with van der Waals surface area (Å²) in [6.45, 7) is 3.43. The van der Waals surface area contributed by atoms with E-state index in [-0.39, 0.29) is 17.3 Å². The molecule has 1 aliphatic heterocycles. The lowest BCUT2D eigenvalue weighted by Gasteiger charge is -2.27. The van der Waals surface area contributed by atoms with Crippen LogP contribution in [0.2, 0.25) is 0 Å². The van der Waals surface area contributed by atoms with E-state index in [1.54, 1.807) is 29.5 Å². The first kappa shape index (κ1) is 17.0. The third-order valence-electron chi connectivity index (χ3n) is 4.23. The van der Waals surface area contributed by atoms with E-state index in [4.69, 9.17) is 0 Å². The van der Waals surface area contributed by atoms with E-state index >= 15 is 0 Å². The van der Waals surface area contributed by atoms with Crippen LogP contribution in [0.25, 0.3) is 0 Å². The molecule has 0 saturated carbocycles. The van der Waals surface area contributed by atoms with Gasteiger partial charge in [-0.05, 0) is 48.1 Å². The molecular formula is C17H20N2O3S2. The summed E-state index contributed by atoms with van der Waals surface area (Å²) in [6, 6.07) is 7.00. The quantitative estimate of drug-likeness (QED) is 0.905. The molecule has 1 aliphatic rings. The summed E-state index contributed by atoms with van der Waals surface area (Å²) in [5.41, 5.74) is 2.82. The number of aryl methyl sites for hydroxylation is 1. The van der Waals surface area contributed by atoms with Gasteiger partial charge in [0, 0.05) is 29.9 Å². The van der Waals surface area contributed by atoms with Crippen LogP contribution in [0, 0.1) is 6.92 Å². The van der Waals surface area contributed by atoms with Crippen molar-refractivity contribution in [2.75, 3.05) is 24.7 Å². The highest BCUT2D eigenvalue weighted by Crippen LogP contribution is 2.24. The fourth-order valence-electron chi connectivity index (χ4n) is 2.77. The Bertz CT molecular complexity index is 872. The summed E-state index contributed by atoms with van der Waals surface area (Å²) in [4.78, 5) is 15.9. The second-order valence-electron chi connectivity index (χ2n) is 6.04. The fourth-order valence-corrected chi connectivity index (χ4v) is 4.30. The highest BCUT2D eigenvalue weighted by atomic mass is 32.2. The van der Waals surface area contributed by atoms with E-state index in [0.717, 1.165) is 18.5 Å². The number of benzene rings is 1. The molecule has 0 atom stereocenters. The molecule has 128 valence electrons. The third kappa shape index (κ3) is 3.62. The van der Waals surface area contributed by atoms with Crippen LogP contribution in [-0.4, -0.2) is 38.6 Å². The van der Waals surface area contributed by atoms with E-state index in [2.05, 4.69) is 16.8 Å². The molecule has 0 bridgehead atoms. The Hall–Kier alpha value is -1.86. The number of rotatable bonds is 4. The number of amides is 1. The molecular weight excluding hydrogens is 344 g/mol. The number of sulfone groups is 1. The van der Waals surface area contributed by atoms with Crippen molar-refractivity contribution >= 4 is 32.8 Å². The Kier molecular flexibility index (Phi) is 4.64. The standard InChI is InChI=1S/C17H20N2O3S2/c1-12-3-4-14(24(2,21)22)9-15(12)18-10-17(20)19-7-5-16-13(11-19)6-8-23-16/h3-4,6,8-9,18H,5,7,10-11H2,1-2H3.